The minimum Gasteiger partial charge on any atom is -0.493 e. The van der Waals surface area contributed by atoms with Crippen molar-refractivity contribution < 1.29 is 23.9 Å². The monoisotopic (exact) mass is 281 g/mol. The van der Waals surface area contributed by atoms with Gasteiger partial charge in [0.2, 0.25) is 6.20 Å². The Morgan fingerprint density at radius 1 is 1.40 bits per heavy atom. The van der Waals surface area contributed by atoms with E-state index in [2.05, 4.69) is 0 Å². The van der Waals surface area contributed by atoms with E-state index in [0.29, 0.717) is 17.1 Å². The lowest BCUT2D eigenvalue weighted by Crippen LogP contribution is -2.14. The van der Waals surface area contributed by atoms with Gasteiger partial charge in [0.15, 0.2) is 18.1 Å². The van der Waals surface area contributed by atoms with Crippen LogP contribution in [0.5, 0.6) is 11.5 Å². The lowest BCUT2D eigenvalue weighted by atomic mass is 10.2. The van der Waals surface area contributed by atoms with Crippen molar-refractivity contribution in [1.82, 2.24) is 0 Å². The van der Waals surface area contributed by atoms with Gasteiger partial charge in [-0.2, -0.15) is 0 Å². The van der Waals surface area contributed by atoms with E-state index in [1.807, 2.05) is 0 Å². The third-order valence-corrected chi connectivity index (χ3v) is 2.23. The molecule has 1 aromatic rings. The quantitative estimate of drug-likeness (QED) is 0.431. The van der Waals surface area contributed by atoms with Gasteiger partial charge in [0, 0.05) is 6.08 Å². The highest BCUT2D eigenvalue weighted by molar-refractivity contribution is 5.71. The molecule has 0 aliphatic heterocycles. The third-order valence-electron chi connectivity index (χ3n) is 2.23. The van der Waals surface area contributed by atoms with E-state index < -0.39 is 10.9 Å². The van der Waals surface area contributed by atoms with E-state index in [4.69, 9.17) is 14.2 Å². The van der Waals surface area contributed by atoms with Crippen molar-refractivity contribution in [1.29, 1.82) is 0 Å². The molecule has 0 radical (unpaired) electrons. The van der Waals surface area contributed by atoms with Crippen LogP contribution in [0.4, 0.5) is 0 Å². The van der Waals surface area contributed by atoms with Crippen molar-refractivity contribution in [2.45, 2.75) is 6.92 Å². The van der Waals surface area contributed by atoms with Gasteiger partial charge >= 0.3 is 5.97 Å². The number of esters is 1. The molecular formula is C13H15NO6. The van der Waals surface area contributed by atoms with Gasteiger partial charge < -0.3 is 14.2 Å². The van der Waals surface area contributed by atoms with Crippen LogP contribution < -0.4 is 9.47 Å². The highest BCUT2D eigenvalue weighted by Gasteiger charge is 2.08. The summed E-state index contributed by atoms with van der Waals surface area (Å²) in [5.41, 5.74) is 0.585. The van der Waals surface area contributed by atoms with E-state index in [0.717, 1.165) is 6.20 Å². The number of carbonyl (C=O) groups excluding carboxylic acids is 1. The predicted octanol–water partition coefficient (Wildman–Crippen LogP) is 1.88. The lowest BCUT2D eigenvalue weighted by molar-refractivity contribution is -0.400. The Labute approximate surface area is 115 Å². The van der Waals surface area contributed by atoms with Crippen molar-refractivity contribution in [3.05, 3.63) is 40.1 Å². The molecule has 0 aliphatic rings. The van der Waals surface area contributed by atoms with E-state index in [-0.39, 0.29) is 13.2 Å². The second-order valence-electron chi connectivity index (χ2n) is 3.61. The Hall–Kier alpha value is -2.57. The summed E-state index contributed by atoms with van der Waals surface area (Å²) in [4.78, 5) is 20.9. The van der Waals surface area contributed by atoms with E-state index in [1.165, 1.54) is 13.2 Å². The molecule has 1 aromatic carbocycles. The zero-order chi connectivity index (χ0) is 15.0. The molecule has 0 bridgehead atoms. The number of nitro groups is 1. The van der Waals surface area contributed by atoms with Gasteiger partial charge in [-0.1, -0.05) is 6.07 Å². The Bertz CT molecular complexity index is 512. The maximum absolute atomic E-state index is 11.2. The molecule has 0 aromatic heterocycles. The maximum atomic E-state index is 11.2. The summed E-state index contributed by atoms with van der Waals surface area (Å²) in [5.74, 6) is 0.255. The molecule has 0 fully saturated rings. The van der Waals surface area contributed by atoms with Crippen LogP contribution in [0.3, 0.4) is 0 Å². The fraction of sp³-hybridized carbons (Fsp3) is 0.308. The number of rotatable bonds is 7. The Balaban J connectivity index is 2.77. The van der Waals surface area contributed by atoms with Gasteiger partial charge in [-0.25, -0.2) is 4.79 Å². The summed E-state index contributed by atoms with van der Waals surface area (Å²) in [6, 6.07) is 4.75. The largest absolute Gasteiger partial charge is 0.493 e. The van der Waals surface area contributed by atoms with Gasteiger partial charge in [-0.3, -0.25) is 10.1 Å². The van der Waals surface area contributed by atoms with Gasteiger partial charge in [0.1, 0.15) is 0 Å². The smallest absolute Gasteiger partial charge is 0.344 e. The van der Waals surface area contributed by atoms with Crippen LogP contribution in [-0.2, 0) is 9.53 Å². The van der Waals surface area contributed by atoms with Crippen molar-refractivity contribution in [3.63, 3.8) is 0 Å². The summed E-state index contributed by atoms with van der Waals surface area (Å²) >= 11 is 0. The number of benzene rings is 1. The Kier molecular flexibility index (Phi) is 6.02. The first kappa shape index (κ1) is 15.5. The summed E-state index contributed by atoms with van der Waals surface area (Å²) in [6.45, 7) is 1.76. The second kappa shape index (κ2) is 7.78. The van der Waals surface area contributed by atoms with Crippen LogP contribution in [0, 0.1) is 10.1 Å². The molecule has 20 heavy (non-hydrogen) atoms. The molecule has 0 N–H and O–H groups in total. The van der Waals surface area contributed by atoms with Crippen LogP contribution in [0.25, 0.3) is 6.08 Å². The van der Waals surface area contributed by atoms with E-state index >= 15 is 0 Å². The maximum Gasteiger partial charge on any atom is 0.344 e. The average molecular weight is 281 g/mol. The summed E-state index contributed by atoms with van der Waals surface area (Å²) < 4.78 is 15.1. The van der Waals surface area contributed by atoms with E-state index in [9.17, 15) is 14.9 Å². The molecule has 0 saturated carbocycles. The van der Waals surface area contributed by atoms with Crippen LogP contribution in [0.15, 0.2) is 24.4 Å². The van der Waals surface area contributed by atoms with Crippen molar-refractivity contribution >= 4 is 12.0 Å². The molecule has 0 amide bonds. The van der Waals surface area contributed by atoms with Crippen LogP contribution in [0.2, 0.25) is 0 Å². The minimum atomic E-state index is -0.558. The molecule has 7 heteroatoms. The molecule has 0 heterocycles. The number of nitrogens with zero attached hydrogens (tertiary/aromatic N) is 1. The van der Waals surface area contributed by atoms with Crippen molar-refractivity contribution in [3.8, 4) is 11.5 Å². The molecule has 1 rings (SSSR count). The third kappa shape index (κ3) is 4.97. The topological polar surface area (TPSA) is 87.9 Å². The molecule has 0 aliphatic carbocycles. The first-order chi connectivity index (χ1) is 9.56. The zero-order valence-electron chi connectivity index (χ0n) is 11.2. The fourth-order valence-corrected chi connectivity index (χ4v) is 1.39. The summed E-state index contributed by atoms with van der Waals surface area (Å²) in [6.07, 6.45) is 2.16. The number of hydrogen-bond acceptors (Lipinski definition) is 6. The number of methoxy groups -OCH3 is 1. The van der Waals surface area contributed by atoms with Crippen molar-refractivity contribution in [2.24, 2.45) is 0 Å². The molecule has 0 spiro atoms. The number of carbonyl (C=O) groups is 1. The minimum absolute atomic E-state index is 0.228. The Morgan fingerprint density at radius 3 is 2.75 bits per heavy atom. The molecule has 0 saturated heterocycles. The first-order valence-corrected chi connectivity index (χ1v) is 5.85. The fourth-order valence-electron chi connectivity index (χ4n) is 1.39. The van der Waals surface area contributed by atoms with Crippen molar-refractivity contribution in [2.75, 3.05) is 20.3 Å². The first-order valence-electron chi connectivity index (χ1n) is 5.85. The normalized spacial score (nSPS) is 10.3. The molecule has 108 valence electrons. The van der Waals surface area contributed by atoms with E-state index in [1.54, 1.807) is 25.1 Å². The summed E-state index contributed by atoms with van der Waals surface area (Å²) in [5, 5.41) is 10.2. The van der Waals surface area contributed by atoms with Gasteiger partial charge in [-0.15, -0.1) is 0 Å². The molecular weight excluding hydrogens is 266 g/mol. The van der Waals surface area contributed by atoms with Crippen LogP contribution >= 0.6 is 0 Å². The SMILES string of the molecule is CCOC(=O)COc1ccc(/C=C/[N+](=O)[O-])cc1OC. The number of hydrogen-bond donors (Lipinski definition) is 0. The second-order valence-corrected chi connectivity index (χ2v) is 3.61. The van der Waals surface area contributed by atoms with Gasteiger partial charge in [0.25, 0.3) is 0 Å². The molecule has 0 atom stereocenters. The lowest BCUT2D eigenvalue weighted by Gasteiger charge is -2.10. The van der Waals surface area contributed by atoms with Gasteiger partial charge in [0.05, 0.1) is 18.6 Å². The van der Waals surface area contributed by atoms with Gasteiger partial charge in [-0.05, 0) is 24.6 Å². The standard InChI is InChI=1S/C13H15NO6/c1-3-19-13(15)9-20-11-5-4-10(6-7-14(16)17)8-12(11)18-2/h4-8H,3,9H2,1-2H3/b7-6+. The summed E-state index contributed by atoms with van der Waals surface area (Å²) in [7, 11) is 1.44. The number of ether oxygens (including phenoxy) is 3. The Morgan fingerprint density at radius 2 is 2.15 bits per heavy atom. The highest BCUT2D eigenvalue weighted by atomic mass is 16.6. The zero-order valence-corrected chi connectivity index (χ0v) is 11.2. The molecule has 0 unspecified atom stereocenters. The van der Waals surface area contributed by atoms with Crippen LogP contribution in [0.1, 0.15) is 12.5 Å². The predicted molar refractivity (Wildman–Crippen MR) is 71.2 cm³/mol. The average Bonchev–Trinajstić information content (AvgIpc) is 2.43. The highest BCUT2D eigenvalue weighted by Crippen LogP contribution is 2.28. The molecule has 7 nitrogen and oxygen atoms in total. The van der Waals surface area contributed by atoms with Crippen LogP contribution in [-0.4, -0.2) is 31.2 Å².